The summed E-state index contributed by atoms with van der Waals surface area (Å²) in [6.45, 7) is 2.97. The van der Waals surface area contributed by atoms with Crippen molar-refractivity contribution in [2.24, 2.45) is 5.92 Å². The molecule has 0 radical (unpaired) electrons. The third-order valence-corrected chi connectivity index (χ3v) is 4.80. The van der Waals surface area contributed by atoms with Crippen LogP contribution in [0.2, 0.25) is 0 Å². The van der Waals surface area contributed by atoms with E-state index >= 15 is 0 Å². The number of likely N-dealkylation sites (tertiary alicyclic amines) is 1. The Balaban J connectivity index is 1.61. The van der Waals surface area contributed by atoms with Crippen LogP contribution >= 0.6 is 0 Å². The molecule has 23 heavy (non-hydrogen) atoms. The number of carbonyl (C=O) groups excluding carboxylic acids is 1. The van der Waals surface area contributed by atoms with Crippen LogP contribution in [0.25, 0.3) is 0 Å². The Hall–Kier alpha value is -1.72. The van der Waals surface area contributed by atoms with E-state index in [-0.39, 0.29) is 11.8 Å². The van der Waals surface area contributed by atoms with Crippen molar-refractivity contribution < 1.29 is 18.0 Å². The van der Waals surface area contributed by atoms with Crippen LogP contribution in [0, 0.1) is 5.92 Å². The zero-order valence-electron chi connectivity index (χ0n) is 13.0. The molecule has 0 spiro atoms. The van der Waals surface area contributed by atoms with Crippen molar-refractivity contribution in [3.8, 4) is 0 Å². The van der Waals surface area contributed by atoms with E-state index in [0.29, 0.717) is 31.6 Å². The molecule has 2 heterocycles. The van der Waals surface area contributed by atoms with E-state index in [1.165, 1.54) is 12.1 Å². The molecule has 6 heteroatoms. The summed E-state index contributed by atoms with van der Waals surface area (Å²) in [6.07, 6.45) is -0.735. The fourth-order valence-corrected chi connectivity index (χ4v) is 3.46. The van der Waals surface area contributed by atoms with E-state index in [2.05, 4.69) is 0 Å². The van der Waals surface area contributed by atoms with Gasteiger partial charge in [0.2, 0.25) is 5.91 Å². The first kappa shape index (κ1) is 16.1. The Morgan fingerprint density at radius 2 is 1.70 bits per heavy atom. The number of anilines is 1. The summed E-state index contributed by atoms with van der Waals surface area (Å²) in [4.78, 5) is 16.3. The highest BCUT2D eigenvalue weighted by Gasteiger charge is 2.32. The first-order valence-corrected chi connectivity index (χ1v) is 8.16. The van der Waals surface area contributed by atoms with Gasteiger partial charge in [0, 0.05) is 37.8 Å². The number of nitrogens with zero attached hydrogens (tertiary/aromatic N) is 2. The third-order valence-electron chi connectivity index (χ3n) is 4.80. The molecule has 2 aliphatic rings. The van der Waals surface area contributed by atoms with Crippen LogP contribution in [-0.4, -0.2) is 37.0 Å². The maximum absolute atomic E-state index is 12.8. The number of rotatable bonds is 2. The molecule has 0 N–H and O–H groups in total. The van der Waals surface area contributed by atoms with E-state index in [1.807, 2.05) is 9.80 Å². The summed E-state index contributed by atoms with van der Waals surface area (Å²) < 4.78 is 38.4. The molecule has 2 fully saturated rings. The van der Waals surface area contributed by atoms with Crippen molar-refractivity contribution in [1.82, 2.24) is 4.90 Å². The van der Waals surface area contributed by atoms with Gasteiger partial charge in [-0.2, -0.15) is 13.2 Å². The smallest absolute Gasteiger partial charge is 0.371 e. The van der Waals surface area contributed by atoms with Crippen molar-refractivity contribution >= 4 is 11.6 Å². The molecule has 2 aliphatic heterocycles. The van der Waals surface area contributed by atoms with Gasteiger partial charge >= 0.3 is 6.18 Å². The Labute approximate surface area is 134 Å². The van der Waals surface area contributed by atoms with Gasteiger partial charge in [0.05, 0.1) is 5.56 Å². The van der Waals surface area contributed by atoms with Crippen LogP contribution < -0.4 is 4.90 Å². The number of hydrogen-bond acceptors (Lipinski definition) is 2. The highest BCUT2D eigenvalue weighted by Crippen LogP contribution is 2.33. The molecular formula is C17H21F3N2O. The molecule has 0 unspecified atom stereocenters. The van der Waals surface area contributed by atoms with E-state index in [1.54, 1.807) is 6.07 Å². The van der Waals surface area contributed by atoms with Gasteiger partial charge in [-0.05, 0) is 43.9 Å². The summed E-state index contributed by atoms with van der Waals surface area (Å²) in [7, 11) is 0. The van der Waals surface area contributed by atoms with E-state index in [0.717, 1.165) is 32.0 Å². The quantitative estimate of drug-likeness (QED) is 0.830. The van der Waals surface area contributed by atoms with E-state index in [9.17, 15) is 18.0 Å². The number of hydrogen-bond donors (Lipinski definition) is 0. The van der Waals surface area contributed by atoms with Crippen molar-refractivity contribution in [1.29, 1.82) is 0 Å². The minimum Gasteiger partial charge on any atom is -0.371 e. The van der Waals surface area contributed by atoms with Gasteiger partial charge in [-0.1, -0.05) is 6.07 Å². The molecule has 3 nitrogen and oxygen atoms in total. The van der Waals surface area contributed by atoms with E-state index < -0.39 is 11.7 Å². The second-order valence-corrected chi connectivity index (χ2v) is 6.34. The van der Waals surface area contributed by atoms with Crippen LogP contribution in [0.1, 0.15) is 31.2 Å². The fraction of sp³-hybridized carbons (Fsp3) is 0.588. The van der Waals surface area contributed by atoms with Gasteiger partial charge < -0.3 is 9.80 Å². The molecule has 0 aliphatic carbocycles. The molecule has 0 saturated carbocycles. The lowest BCUT2D eigenvalue weighted by atomic mass is 9.95. The molecule has 0 aromatic heterocycles. The number of carbonyl (C=O) groups is 1. The lowest BCUT2D eigenvalue weighted by Gasteiger charge is -2.34. The lowest BCUT2D eigenvalue weighted by molar-refractivity contribution is -0.137. The van der Waals surface area contributed by atoms with Crippen molar-refractivity contribution in [2.75, 3.05) is 31.1 Å². The summed E-state index contributed by atoms with van der Waals surface area (Å²) in [5.41, 5.74) is -0.0304. The number of amides is 1. The molecule has 1 aromatic carbocycles. The van der Waals surface area contributed by atoms with Crippen LogP contribution in [0.3, 0.4) is 0 Å². The van der Waals surface area contributed by atoms with Crippen LogP contribution in [0.5, 0.6) is 0 Å². The zero-order valence-corrected chi connectivity index (χ0v) is 13.0. The number of benzene rings is 1. The fourth-order valence-electron chi connectivity index (χ4n) is 3.46. The second-order valence-electron chi connectivity index (χ2n) is 6.34. The van der Waals surface area contributed by atoms with Crippen LogP contribution in [0.15, 0.2) is 24.3 Å². The van der Waals surface area contributed by atoms with Crippen molar-refractivity contribution in [3.63, 3.8) is 0 Å². The molecular weight excluding hydrogens is 305 g/mol. The Bertz CT molecular complexity index is 559. The molecule has 2 saturated heterocycles. The summed E-state index contributed by atoms with van der Waals surface area (Å²) in [5, 5.41) is 0. The monoisotopic (exact) mass is 326 g/mol. The highest BCUT2D eigenvalue weighted by molar-refractivity contribution is 5.79. The first-order chi connectivity index (χ1) is 10.9. The maximum atomic E-state index is 12.8. The Kier molecular flexibility index (Phi) is 4.50. The Morgan fingerprint density at radius 1 is 1.04 bits per heavy atom. The predicted octanol–water partition coefficient (Wildman–Crippen LogP) is 3.54. The summed E-state index contributed by atoms with van der Waals surface area (Å²) in [5.74, 6) is 0.251. The van der Waals surface area contributed by atoms with Gasteiger partial charge in [-0.3, -0.25) is 4.79 Å². The van der Waals surface area contributed by atoms with Gasteiger partial charge in [-0.25, -0.2) is 0 Å². The summed E-state index contributed by atoms with van der Waals surface area (Å²) >= 11 is 0. The molecule has 1 amide bonds. The maximum Gasteiger partial charge on any atom is 0.416 e. The summed E-state index contributed by atoms with van der Waals surface area (Å²) in [6, 6.07) is 5.44. The molecule has 0 bridgehead atoms. The van der Waals surface area contributed by atoms with Crippen LogP contribution in [-0.2, 0) is 11.0 Å². The van der Waals surface area contributed by atoms with Gasteiger partial charge in [0.25, 0.3) is 0 Å². The van der Waals surface area contributed by atoms with Gasteiger partial charge in [-0.15, -0.1) is 0 Å². The molecule has 1 aromatic rings. The van der Waals surface area contributed by atoms with Gasteiger partial charge in [0.15, 0.2) is 0 Å². The van der Waals surface area contributed by atoms with E-state index in [4.69, 9.17) is 0 Å². The second kappa shape index (κ2) is 6.42. The third kappa shape index (κ3) is 3.62. The lowest BCUT2D eigenvalue weighted by Crippen LogP contribution is -2.41. The average molecular weight is 326 g/mol. The van der Waals surface area contributed by atoms with Crippen LogP contribution in [0.4, 0.5) is 18.9 Å². The highest BCUT2D eigenvalue weighted by atomic mass is 19.4. The minimum absolute atomic E-state index is 0.0233. The number of piperidine rings is 1. The predicted molar refractivity (Wildman–Crippen MR) is 82.2 cm³/mol. The number of halogens is 3. The zero-order chi connectivity index (χ0) is 16.4. The average Bonchev–Trinajstić information content (AvgIpc) is 3.08. The molecule has 0 atom stereocenters. The topological polar surface area (TPSA) is 23.6 Å². The first-order valence-electron chi connectivity index (χ1n) is 8.16. The number of alkyl halides is 3. The van der Waals surface area contributed by atoms with Gasteiger partial charge in [0.1, 0.15) is 0 Å². The SMILES string of the molecule is O=C(C1CCN(c2cccc(C(F)(F)F)c2)CC1)N1CCCC1. The molecule has 126 valence electrons. The largest absolute Gasteiger partial charge is 0.416 e. The minimum atomic E-state index is -4.32. The Morgan fingerprint density at radius 3 is 2.30 bits per heavy atom. The normalized spacial score (nSPS) is 20.1. The molecule has 3 rings (SSSR count). The van der Waals surface area contributed by atoms with Crippen molar-refractivity contribution in [2.45, 2.75) is 31.9 Å². The standard InChI is InChI=1S/C17H21F3N2O/c18-17(19,20)14-4-3-5-15(12-14)21-10-6-13(7-11-21)16(23)22-8-1-2-9-22/h3-5,12-13H,1-2,6-11H2. The van der Waals surface area contributed by atoms with Crippen molar-refractivity contribution in [3.05, 3.63) is 29.8 Å².